The first-order chi connectivity index (χ1) is 12.9. The van der Waals surface area contributed by atoms with Gasteiger partial charge in [-0.2, -0.15) is 0 Å². The number of hydrogen-bond acceptors (Lipinski definition) is 5. The highest BCUT2D eigenvalue weighted by molar-refractivity contribution is 5.95. The van der Waals surface area contributed by atoms with E-state index in [1.807, 2.05) is 35.9 Å². The molecule has 0 aromatic heterocycles. The molecule has 1 aliphatic rings. The van der Waals surface area contributed by atoms with Crippen LogP contribution in [-0.2, 0) is 4.79 Å². The molecule has 1 aliphatic heterocycles. The van der Waals surface area contributed by atoms with Crippen molar-refractivity contribution in [1.82, 2.24) is 9.80 Å². The van der Waals surface area contributed by atoms with Crippen LogP contribution in [0.15, 0.2) is 18.2 Å². The standard InChI is InChI=1S/C20H31N3O4/c1-5-23(10-6-7-11-24)19(25)13-16-14-27-18-9-8-15(20(26)21(2)3)12-17(18)22(16)4/h8-9,12,16,24H,5-7,10-11,13-14H2,1-4H3. The third-order valence-electron chi connectivity index (χ3n) is 4.95. The van der Waals surface area contributed by atoms with E-state index in [1.165, 1.54) is 4.90 Å². The van der Waals surface area contributed by atoms with Gasteiger partial charge in [-0.25, -0.2) is 0 Å². The maximum atomic E-state index is 12.7. The third kappa shape index (κ3) is 5.13. The summed E-state index contributed by atoms with van der Waals surface area (Å²) >= 11 is 0. The normalized spacial score (nSPS) is 15.7. The molecule has 1 aromatic carbocycles. The van der Waals surface area contributed by atoms with E-state index in [4.69, 9.17) is 9.84 Å². The number of nitrogens with zero attached hydrogens (tertiary/aromatic N) is 3. The molecule has 7 nitrogen and oxygen atoms in total. The summed E-state index contributed by atoms with van der Waals surface area (Å²) in [5.41, 5.74) is 1.43. The first kappa shape index (κ1) is 21.0. The summed E-state index contributed by atoms with van der Waals surface area (Å²) in [6.45, 7) is 3.86. The summed E-state index contributed by atoms with van der Waals surface area (Å²) in [6, 6.07) is 5.32. The number of rotatable bonds is 8. The Morgan fingerprint density at radius 2 is 2.04 bits per heavy atom. The Hall–Kier alpha value is -2.28. The Bertz CT molecular complexity index is 663. The first-order valence-electron chi connectivity index (χ1n) is 9.49. The summed E-state index contributed by atoms with van der Waals surface area (Å²) in [4.78, 5) is 30.3. The van der Waals surface area contributed by atoms with Gasteiger partial charge in [0.25, 0.3) is 5.91 Å². The van der Waals surface area contributed by atoms with Gasteiger partial charge in [-0.05, 0) is 38.0 Å². The molecule has 0 saturated heterocycles. The Kier molecular flexibility index (Phi) is 7.47. The van der Waals surface area contributed by atoms with E-state index in [9.17, 15) is 9.59 Å². The molecular weight excluding hydrogens is 346 g/mol. The lowest BCUT2D eigenvalue weighted by Crippen LogP contribution is -2.45. The van der Waals surface area contributed by atoms with Crippen molar-refractivity contribution in [2.24, 2.45) is 0 Å². The van der Waals surface area contributed by atoms with Crippen molar-refractivity contribution in [2.45, 2.75) is 32.2 Å². The number of ether oxygens (including phenoxy) is 1. The molecule has 1 N–H and O–H groups in total. The maximum Gasteiger partial charge on any atom is 0.253 e. The number of benzene rings is 1. The highest BCUT2D eigenvalue weighted by atomic mass is 16.5. The molecule has 150 valence electrons. The molecule has 2 rings (SSSR count). The third-order valence-corrected chi connectivity index (χ3v) is 4.95. The summed E-state index contributed by atoms with van der Waals surface area (Å²) < 4.78 is 5.84. The molecule has 1 atom stereocenters. The number of anilines is 1. The summed E-state index contributed by atoms with van der Waals surface area (Å²) in [5.74, 6) is 0.747. The molecule has 27 heavy (non-hydrogen) atoms. The molecule has 0 spiro atoms. The summed E-state index contributed by atoms with van der Waals surface area (Å²) in [5, 5.41) is 8.92. The van der Waals surface area contributed by atoms with Crippen LogP contribution in [0.4, 0.5) is 5.69 Å². The smallest absolute Gasteiger partial charge is 0.253 e. The number of carbonyl (C=O) groups excluding carboxylic acids is 2. The van der Waals surface area contributed by atoms with Crippen molar-refractivity contribution in [3.05, 3.63) is 23.8 Å². The molecule has 0 aliphatic carbocycles. The van der Waals surface area contributed by atoms with E-state index in [-0.39, 0.29) is 24.5 Å². The predicted molar refractivity (Wildman–Crippen MR) is 105 cm³/mol. The van der Waals surface area contributed by atoms with Crippen molar-refractivity contribution in [1.29, 1.82) is 0 Å². The van der Waals surface area contributed by atoms with E-state index in [0.717, 1.165) is 17.9 Å². The van der Waals surface area contributed by atoms with Gasteiger partial charge in [-0.1, -0.05) is 0 Å². The van der Waals surface area contributed by atoms with Gasteiger partial charge in [0.1, 0.15) is 12.4 Å². The number of likely N-dealkylation sites (N-methyl/N-ethyl adjacent to an activating group) is 1. The fourth-order valence-electron chi connectivity index (χ4n) is 3.20. The highest BCUT2D eigenvalue weighted by Crippen LogP contribution is 2.34. The maximum absolute atomic E-state index is 12.7. The van der Waals surface area contributed by atoms with Crippen LogP contribution in [0.5, 0.6) is 5.75 Å². The number of aliphatic hydroxyl groups excluding tert-OH is 1. The minimum Gasteiger partial charge on any atom is -0.489 e. The largest absolute Gasteiger partial charge is 0.489 e. The Morgan fingerprint density at radius 3 is 2.67 bits per heavy atom. The van der Waals surface area contributed by atoms with E-state index >= 15 is 0 Å². The lowest BCUT2D eigenvalue weighted by molar-refractivity contribution is -0.131. The van der Waals surface area contributed by atoms with Crippen LogP contribution in [0.1, 0.15) is 36.5 Å². The van der Waals surface area contributed by atoms with Crippen LogP contribution in [-0.4, -0.2) is 80.2 Å². The average molecular weight is 377 g/mol. The molecule has 1 aromatic rings. The van der Waals surface area contributed by atoms with Crippen LogP contribution in [0.2, 0.25) is 0 Å². The van der Waals surface area contributed by atoms with Gasteiger partial charge in [0.05, 0.1) is 18.2 Å². The molecule has 7 heteroatoms. The highest BCUT2D eigenvalue weighted by Gasteiger charge is 2.29. The van der Waals surface area contributed by atoms with Crippen molar-refractivity contribution >= 4 is 17.5 Å². The van der Waals surface area contributed by atoms with E-state index in [1.54, 1.807) is 20.2 Å². The molecule has 1 unspecified atom stereocenters. The second-order valence-corrected chi connectivity index (χ2v) is 7.07. The van der Waals surface area contributed by atoms with E-state index in [2.05, 4.69) is 0 Å². The van der Waals surface area contributed by atoms with E-state index < -0.39 is 0 Å². The van der Waals surface area contributed by atoms with Crippen LogP contribution in [0.25, 0.3) is 0 Å². The van der Waals surface area contributed by atoms with Crippen molar-refractivity contribution in [2.75, 3.05) is 52.3 Å². The average Bonchev–Trinajstić information content (AvgIpc) is 2.66. The van der Waals surface area contributed by atoms with Gasteiger partial charge in [0.2, 0.25) is 5.91 Å². The van der Waals surface area contributed by atoms with E-state index in [0.29, 0.717) is 38.1 Å². The molecule has 2 amide bonds. The zero-order valence-electron chi connectivity index (χ0n) is 16.8. The molecule has 1 heterocycles. The lowest BCUT2D eigenvalue weighted by Gasteiger charge is -2.36. The number of unbranched alkanes of at least 4 members (excludes halogenated alkanes) is 1. The van der Waals surface area contributed by atoms with Crippen LogP contribution >= 0.6 is 0 Å². The topological polar surface area (TPSA) is 73.3 Å². The fraction of sp³-hybridized carbons (Fsp3) is 0.600. The predicted octanol–water partition coefficient (Wildman–Crippen LogP) is 1.60. The van der Waals surface area contributed by atoms with Gasteiger partial charge < -0.3 is 24.5 Å². The number of hydrogen-bond donors (Lipinski definition) is 1. The second kappa shape index (κ2) is 9.60. The Morgan fingerprint density at radius 1 is 1.30 bits per heavy atom. The molecule has 0 fully saturated rings. The van der Waals surface area contributed by atoms with Gasteiger partial charge >= 0.3 is 0 Å². The lowest BCUT2D eigenvalue weighted by atomic mass is 10.1. The molecule has 0 bridgehead atoms. The van der Waals surface area contributed by atoms with Crippen LogP contribution in [0.3, 0.4) is 0 Å². The number of amides is 2. The van der Waals surface area contributed by atoms with Gasteiger partial charge in [0.15, 0.2) is 0 Å². The van der Waals surface area contributed by atoms with Gasteiger partial charge in [-0.15, -0.1) is 0 Å². The zero-order valence-corrected chi connectivity index (χ0v) is 16.8. The first-order valence-corrected chi connectivity index (χ1v) is 9.49. The number of carbonyl (C=O) groups is 2. The molecular formula is C20H31N3O4. The zero-order chi connectivity index (χ0) is 20.0. The van der Waals surface area contributed by atoms with Gasteiger partial charge in [0, 0.05) is 46.4 Å². The van der Waals surface area contributed by atoms with Crippen molar-refractivity contribution in [3.8, 4) is 5.75 Å². The minimum absolute atomic E-state index is 0.0644. The minimum atomic E-state index is -0.0819. The quantitative estimate of drug-likeness (QED) is 0.697. The van der Waals surface area contributed by atoms with Gasteiger partial charge in [-0.3, -0.25) is 9.59 Å². The van der Waals surface area contributed by atoms with Crippen molar-refractivity contribution in [3.63, 3.8) is 0 Å². The SMILES string of the molecule is CCN(CCCCO)C(=O)CC1COc2ccc(C(=O)N(C)C)cc2N1C. The Labute approximate surface area is 161 Å². The molecule has 0 saturated carbocycles. The summed E-state index contributed by atoms with van der Waals surface area (Å²) in [6.07, 6.45) is 1.85. The monoisotopic (exact) mass is 377 g/mol. The van der Waals surface area contributed by atoms with Crippen molar-refractivity contribution < 1.29 is 19.4 Å². The summed E-state index contributed by atoms with van der Waals surface area (Å²) in [7, 11) is 5.38. The number of aliphatic hydroxyl groups is 1. The van der Waals surface area contributed by atoms with Crippen LogP contribution < -0.4 is 9.64 Å². The Balaban J connectivity index is 2.08. The second-order valence-electron chi connectivity index (χ2n) is 7.07. The number of fused-ring (bicyclic) bond motifs is 1. The fourth-order valence-corrected chi connectivity index (χ4v) is 3.20. The molecule has 0 radical (unpaired) electrons. The van der Waals surface area contributed by atoms with Crippen LogP contribution in [0, 0.1) is 0 Å².